The van der Waals surface area contributed by atoms with Crippen molar-refractivity contribution in [1.29, 1.82) is 0 Å². The van der Waals surface area contributed by atoms with Gasteiger partial charge >= 0.3 is 0 Å². The van der Waals surface area contributed by atoms with Crippen LogP contribution in [-0.2, 0) is 11.3 Å². The fraction of sp³-hybridized carbons (Fsp3) is 0.684. The van der Waals surface area contributed by atoms with Crippen molar-refractivity contribution in [3.8, 4) is 11.5 Å². The summed E-state index contributed by atoms with van der Waals surface area (Å²) in [5.41, 5.74) is 1.26. The molecule has 0 radical (unpaired) electrons. The van der Waals surface area contributed by atoms with Gasteiger partial charge in [-0.3, -0.25) is 9.80 Å². The monoisotopic (exact) mass is 334 g/mol. The van der Waals surface area contributed by atoms with E-state index in [1.807, 2.05) is 6.07 Å². The topological polar surface area (TPSA) is 34.2 Å². The summed E-state index contributed by atoms with van der Waals surface area (Å²) in [5, 5.41) is 0. The Kier molecular flexibility index (Phi) is 6.75. The van der Waals surface area contributed by atoms with Crippen molar-refractivity contribution in [3.63, 3.8) is 0 Å². The first-order chi connectivity index (χ1) is 11.8. The van der Waals surface area contributed by atoms with E-state index in [-0.39, 0.29) is 0 Å². The maximum Gasteiger partial charge on any atom is 0.161 e. The Hall–Kier alpha value is -1.30. The van der Waals surface area contributed by atoms with Gasteiger partial charge in [-0.1, -0.05) is 12.5 Å². The molecule has 0 amide bonds. The lowest BCUT2D eigenvalue weighted by Gasteiger charge is -2.27. The molecule has 0 unspecified atom stereocenters. The molecule has 24 heavy (non-hydrogen) atoms. The Morgan fingerprint density at radius 1 is 0.958 bits per heavy atom. The molecule has 0 spiro atoms. The Balaban J connectivity index is 1.51. The minimum atomic E-state index is 0.721. The van der Waals surface area contributed by atoms with E-state index in [1.165, 1.54) is 37.9 Å². The first kappa shape index (κ1) is 17.5. The highest BCUT2D eigenvalue weighted by atomic mass is 16.5. The van der Waals surface area contributed by atoms with E-state index in [1.54, 1.807) is 7.11 Å². The summed E-state index contributed by atoms with van der Waals surface area (Å²) < 4.78 is 16.9. The average Bonchev–Trinajstić information content (AvgIpc) is 2.64. The lowest BCUT2D eigenvalue weighted by atomic mass is 10.1. The maximum atomic E-state index is 5.98. The second-order valence-electron chi connectivity index (χ2n) is 6.62. The molecule has 134 valence electrons. The van der Waals surface area contributed by atoms with Crippen LogP contribution in [0.3, 0.4) is 0 Å². The molecule has 0 aliphatic carbocycles. The van der Waals surface area contributed by atoms with Crippen molar-refractivity contribution >= 4 is 0 Å². The molecular weight excluding hydrogens is 304 g/mol. The van der Waals surface area contributed by atoms with Crippen molar-refractivity contribution in [2.45, 2.75) is 25.8 Å². The van der Waals surface area contributed by atoms with Crippen LogP contribution in [0.5, 0.6) is 11.5 Å². The zero-order valence-electron chi connectivity index (χ0n) is 14.8. The molecule has 2 fully saturated rings. The highest BCUT2D eigenvalue weighted by Crippen LogP contribution is 2.28. The zero-order chi connectivity index (χ0) is 16.6. The summed E-state index contributed by atoms with van der Waals surface area (Å²) in [5.74, 6) is 1.68. The normalized spacial score (nSPS) is 20.0. The molecule has 2 aliphatic rings. The first-order valence-corrected chi connectivity index (χ1v) is 9.17. The molecular formula is C19H30N2O3. The third-order valence-corrected chi connectivity index (χ3v) is 4.85. The fourth-order valence-corrected chi connectivity index (χ4v) is 3.41. The number of hydrogen-bond donors (Lipinski definition) is 0. The highest BCUT2D eigenvalue weighted by Gasteiger charge is 2.13. The predicted molar refractivity (Wildman–Crippen MR) is 94.9 cm³/mol. The van der Waals surface area contributed by atoms with Gasteiger partial charge in [-0.2, -0.15) is 0 Å². The Bertz CT molecular complexity index is 497. The summed E-state index contributed by atoms with van der Waals surface area (Å²) in [7, 11) is 1.71. The van der Waals surface area contributed by atoms with Gasteiger partial charge in [-0.05, 0) is 43.6 Å². The summed E-state index contributed by atoms with van der Waals surface area (Å²) in [6.45, 7) is 8.72. The van der Waals surface area contributed by atoms with E-state index in [2.05, 4.69) is 21.9 Å². The van der Waals surface area contributed by atoms with Gasteiger partial charge in [-0.15, -0.1) is 0 Å². The molecule has 5 heteroatoms. The molecule has 5 nitrogen and oxygen atoms in total. The van der Waals surface area contributed by atoms with Gasteiger partial charge in [0.05, 0.1) is 20.3 Å². The molecule has 0 atom stereocenters. The van der Waals surface area contributed by atoms with Crippen molar-refractivity contribution in [2.75, 3.05) is 59.7 Å². The quantitative estimate of drug-likeness (QED) is 0.765. The Morgan fingerprint density at radius 3 is 2.50 bits per heavy atom. The minimum Gasteiger partial charge on any atom is -0.493 e. The largest absolute Gasteiger partial charge is 0.493 e. The highest BCUT2D eigenvalue weighted by molar-refractivity contribution is 5.43. The van der Waals surface area contributed by atoms with Crippen LogP contribution in [0.25, 0.3) is 0 Å². The number of methoxy groups -OCH3 is 1. The van der Waals surface area contributed by atoms with E-state index >= 15 is 0 Å². The molecule has 1 aromatic carbocycles. The summed E-state index contributed by atoms with van der Waals surface area (Å²) in [6, 6.07) is 6.30. The molecule has 0 N–H and O–H groups in total. The zero-order valence-corrected chi connectivity index (χ0v) is 14.8. The Morgan fingerprint density at radius 2 is 1.75 bits per heavy atom. The van der Waals surface area contributed by atoms with Gasteiger partial charge in [0.1, 0.15) is 6.61 Å². The van der Waals surface area contributed by atoms with Gasteiger partial charge in [0.25, 0.3) is 0 Å². The van der Waals surface area contributed by atoms with E-state index in [0.29, 0.717) is 0 Å². The van der Waals surface area contributed by atoms with Crippen molar-refractivity contribution < 1.29 is 14.2 Å². The van der Waals surface area contributed by atoms with E-state index < -0.39 is 0 Å². The second-order valence-corrected chi connectivity index (χ2v) is 6.62. The van der Waals surface area contributed by atoms with E-state index in [0.717, 1.165) is 57.5 Å². The summed E-state index contributed by atoms with van der Waals surface area (Å²) in [6.07, 6.45) is 4.01. The maximum absolute atomic E-state index is 5.98. The van der Waals surface area contributed by atoms with Gasteiger partial charge in [0, 0.05) is 26.2 Å². The third kappa shape index (κ3) is 5.10. The predicted octanol–water partition coefficient (Wildman–Crippen LogP) is 2.39. The molecule has 0 aromatic heterocycles. The van der Waals surface area contributed by atoms with Crippen LogP contribution >= 0.6 is 0 Å². The SMILES string of the molecule is COc1cc(CN2CCOCC2)ccc1OCCN1CCCCC1. The molecule has 1 aromatic rings. The third-order valence-electron chi connectivity index (χ3n) is 4.85. The van der Waals surface area contributed by atoms with E-state index in [4.69, 9.17) is 14.2 Å². The fourth-order valence-electron chi connectivity index (χ4n) is 3.41. The standard InChI is InChI=1S/C19H30N2O3/c1-22-19-15-17(16-21-9-12-23-13-10-21)5-6-18(19)24-14-11-20-7-3-2-4-8-20/h5-6,15H,2-4,7-14,16H2,1H3. The van der Waals surface area contributed by atoms with Gasteiger partial charge < -0.3 is 14.2 Å². The molecule has 0 bridgehead atoms. The van der Waals surface area contributed by atoms with Crippen LogP contribution in [0.4, 0.5) is 0 Å². The minimum absolute atomic E-state index is 0.721. The molecule has 2 heterocycles. The molecule has 2 aliphatic heterocycles. The summed E-state index contributed by atoms with van der Waals surface area (Å²) >= 11 is 0. The first-order valence-electron chi connectivity index (χ1n) is 9.17. The van der Waals surface area contributed by atoms with Crippen LogP contribution in [0, 0.1) is 0 Å². The Labute approximate surface area is 145 Å². The van der Waals surface area contributed by atoms with Crippen LogP contribution in [0.2, 0.25) is 0 Å². The van der Waals surface area contributed by atoms with Crippen LogP contribution in [0.1, 0.15) is 24.8 Å². The number of benzene rings is 1. The number of likely N-dealkylation sites (tertiary alicyclic amines) is 1. The molecule has 0 saturated carbocycles. The molecule has 2 saturated heterocycles. The number of rotatable bonds is 7. The second kappa shape index (κ2) is 9.25. The summed E-state index contributed by atoms with van der Waals surface area (Å²) in [4.78, 5) is 4.90. The van der Waals surface area contributed by atoms with Gasteiger partial charge in [0.2, 0.25) is 0 Å². The van der Waals surface area contributed by atoms with Gasteiger partial charge in [0.15, 0.2) is 11.5 Å². The van der Waals surface area contributed by atoms with Crippen LogP contribution in [0.15, 0.2) is 18.2 Å². The van der Waals surface area contributed by atoms with E-state index in [9.17, 15) is 0 Å². The lowest BCUT2D eigenvalue weighted by Crippen LogP contribution is -2.35. The van der Waals surface area contributed by atoms with Crippen molar-refractivity contribution in [2.24, 2.45) is 0 Å². The van der Waals surface area contributed by atoms with Crippen LogP contribution < -0.4 is 9.47 Å². The number of morpholine rings is 1. The number of piperidine rings is 1. The average molecular weight is 334 g/mol. The lowest BCUT2D eigenvalue weighted by molar-refractivity contribution is 0.0341. The van der Waals surface area contributed by atoms with Crippen molar-refractivity contribution in [1.82, 2.24) is 9.80 Å². The number of hydrogen-bond acceptors (Lipinski definition) is 5. The number of ether oxygens (including phenoxy) is 3. The smallest absolute Gasteiger partial charge is 0.161 e. The molecule has 3 rings (SSSR count). The van der Waals surface area contributed by atoms with Crippen LogP contribution in [-0.4, -0.2) is 69.5 Å². The van der Waals surface area contributed by atoms with Crippen molar-refractivity contribution in [3.05, 3.63) is 23.8 Å². The number of nitrogens with zero attached hydrogens (tertiary/aromatic N) is 2. The van der Waals surface area contributed by atoms with Gasteiger partial charge in [-0.25, -0.2) is 0 Å².